The van der Waals surface area contributed by atoms with Gasteiger partial charge in [0.15, 0.2) is 0 Å². The van der Waals surface area contributed by atoms with E-state index in [1.807, 2.05) is 0 Å². The molecule has 17 heavy (non-hydrogen) atoms. The Morgan fingerprint density at radius 2 is 2.29 bits per heavy atom. The summed E-state index contributed by atoms with van der Waals surface area (Å²) < 4.78 is 7.13. The minimum Gasteiger partial charge on any atom is -0.360 e. The molecule has 94 valence electrons. The molecule has 1 aromatic heterocycles. The van der Waals surface area contributed by atoms with Crippen molar-refractivity contribution in [3.63, 3.8) is 0 Å². The van der Waals surface area contributed by atoms with E-state index < -0.39 is 8.07 Å². The van der Waals surface area contributed by atoms with Gasteiger partial charge >= 0.3 is 0 Å². The molecule has 1 rings (SSSR count). The van der Waals surface area contributed by atoms with Crippen molar-refractivity contribution in [1.82, 2.24) is 9.78 Å². The molecule has 0 aliphatic rings. The van der Waals surface area contributed by atoms with E-state index in [4.69, 9.17) is 4.74 Å². The van der Waals surface area contributed by atoms with Gasteiger partial charge in [0, 0.05) is 20.7 Å². The molecule has 0 fully saturated rings. The maximum absolute atomic E-state index is 10.4. The van der Waals surface area contributed by atoms with Gasteiger partial charge in [-0.25, -0.2) is 4.68 Å². The van der Waals surface area contributed by atoms with Gasteiger partial charge in [-0.3, -0.25) is 0 Å². The molecule has 0 N–H and O–H groups in total. The fourth-order valence-electron chi connectivity index (χ4n) is 1.26. The lowest BCUT2D eigenvalue weighted by Gasteiger charge is -2.15. The van der Waals surface area contributed by atoms with Crippen LogP contribution in [0.5, 0.6) is 0 Å². The van der Waals surface area contributed by atoms with E-state index in [0.29, 0.717) is 6.73 Å². The lowest BCUT2D eigenvalue weighted by atomic mass is 10.4. The van der Waals surface area contributed by atoms with E-state index in [-0.39, 0.29) is 5.82 Å². The Balaban J connectivity index is 2.48. The molecule has 0 aromatic carbocycles. The van der Waals surface area contributed by atoms with Crippen LogP contribution in [0.4, 0.5) is 5.82 Å². The summed E-state index contributed by atoms with van der Waals surface area (Å²) in [5.41, 5.74) is 0.743. The molecule has 1 heterocycles. The minimum atomic E-state index is -1.06. The second-order valence-corrected chi connectivity index (χ2v) is 10.7. The molecule has 1 aromatic rings. The lowest BCUT2D eigenvalue weighted by Crippen LogP contribution is -2.22. The number of nitroso groups, excluding NO2 is 1. The quantitative estimate of drug-likeness (QED) is 0.426. The average molecular weight is 253 g/mol. The van der Waals surface area contributed by atoms with Crippen molar-refractivity contribution in [1.29, 1.82) is 0 Å². The Hall–Kier alpha value is -1.27. The summed E-state index contributed by atoms with van der Waals surface area (Å²) >= 11 is 0. The second kappa shape index (κ2) is 5.88. The van der Waals surface area contributed by atoms with E-state index in [1.54, 1.807) is 16.8 Å². The van der Waals surface area contributed by atoms with Crippen molar-refractivity contribution < 1.29 is 4.74 Å². The molecule has 5 nitrogen and oxygen atoms in total. The predicted octanol–water partition coefficient (Wildman–Crippen LogP) is 3.24. The smallest absolute Gasteiger partial charge is 0.218 e. The Kier molecular flexibility index (Phi) is 4.77. The van der Waals surface area contributed by atoms with Crippen molar-refractivity contribution in [2.75, 3.05) is 6.61 Å². The van der Waals surface area contributed by atoms with Gasteiger partial charge in [-0.05, 0) is 17.3 Å². The molecule has 6 heteroatoms. The van der Waals surface area contributed by atoms with Crippen LogP contribution in [0.25, 0.3) is 6.08 Å². The highest BCUT2D eigenvalue weighted by molar-refractivity contribution is 6.76. The highest BCUT2D eigenvalue weighted by Crippen LogP contribution is 2.14. The highest BCUT2D eigenvalue weighted by Gasteiger charge is 2.12. The van der Waals surface area contributed by atoms with Crippen LogP contribution in [0.3, 0.4) is 0 Å². The average Bonchev–Trinajstić information content (AvgIpc) is 2.65. The summed E-state index contributed by atoms with van der Waals surface area (Å²) in [6.45, 7) is 11.6. The van der Waals surface area contributed by atoms with Crippen LogP contribution in [0.2, 0.25) is 25.7 Å². The van der Waals surface area contributed by atoms with E-state index >= 15 is 0 Å². The zero-order chi connectivity index (χ0) is 12.9. The number of ether oxygens (including phenoxy) is 1. The Morgan fingerprint density at radius 1 is 1.59 bits per heavy atom. The Bertz CT molecular complexity index is 396. The lowest BCUT2D eigenvalue weighted by molar-refractivity contribution is 0.0783. The summed E-state index contributed by atoms with van der Waals surface area (Å²) in [6.07, 6.45) is 1.63. The number of aromatic nitrogens is 2. The summed E-state index contributed by atoms with van der Waals surface area (Å²) in [4.78, 5) is 10.4. The van der Waals surface area contributed by atoms with Crippen LogP contribution >= 0.6 is 0 Å². The number of rotatable bonds is 7. The van der Waals surface area contributed by atoms with Crippen molar-refractivity contribution in [3.8, 4) is 0 Å². The van der Waals surface area contributed by atoms with E-state index in [1.165, 1.54) is 0 Å². The maximum Gasteiger partial charge on any atom is 0.218 e. The monoisotopic (exact) mass is 253 g/mol. The van der Waals surface area contributed by atoms with Crippen molar-refractivity contribution in [2.45, 2.75) is 32.4 Å². The molecule has 0 amide bonds. The normalized spacial score (nSPS) is 11.5. The van der Waals surface area contributed by atoms with Gasteiger partial charge in [0.25, 0.3) is 0 Å². The molecule has 0 aliphatic carbocycles. The van der Waals surface area contributed by atoms with Crippen molar-refractivity contribution in [2.24, 2.45) is 5.18 Å². The standard InChI is InChI=1S/C11H19N3O2Si/c1-5-10-8-11(13-15)12-14(10)9-16-6-7-17(2,3)4/h5,8H,1,6-7,9H2,2-4H3. The zero-order valence-corrected chi connectivity index (χ0v) is 11.6. The van der Waals surface area contributed by atoms with Crippen LogP contribution < -0.4 is 0 Å². The second-order valence-electron chi connectivity index (χ2n) is 5.07. The first kappa shape index (κ1) is 13.8. The van der Waals surface area contributed by atoms with Crippen LogP contribution in [-0.2, 0) is 11.5 Å². The van der Waals surface area contributed by atoms with Gasteiger partial charge in [0.05, 0.1) is 5.69 Å². The van der Waals surface area contributed by atoms with E-state index in [9.17, 15) is 4.91 Å². The number of hydrogen-bond acceptors (Lipinski definition) is 4. The fraction of sp³-hybridized carbons (Fsp3) is 0.545. The maximum atomic E-state index is 10.4. The number of nitrogens with zero attached hydrogens (tertiary/aromatic N) is 3. The molecule has 0 unspecified atom stereocenters. The van der Waals surface area contributed by atoms with Gasteiger partial charge in [-0.1, -0.05) is 26.2 Å². The molecule has 0 saturated carbocycles. The largest absolute Gasteiger partial charge is 0.360 e. The third-order valence-electron chi connectivity index (χ3n) is 2.31. The van der Waals surface area contributed by atoms with E-state index in [2.05, 4.69) is 36.5 Å². The van der Waals surface area contributed by atoms with Gasteiger partial charge in [0.1, 0.15) is 6.73 Å². The van der Waals surface area contributed by atoms with Crippen molar-refractivity contribution >= 4 is 20.0 Å². The zero-order valence-electron chi connectivity index (χ0n) is 10.6. The Morgan fingerprint density at radius 3 is 2.82 bits per heavy atom. The molecule has 0 aliphatic heterocycles. The summed E-state index contributed by atoms with van der Waals surface area (Å²) in [5.74, 6) is 0.161. The minimum absolute atomic E-state index is 0.161. The first-order chi connectivity index (χ1) is 7.96. The molecular formula is C11H19N3O2Si. The fourth-order valence-corrected chi connectivity index (χ4v) is 2.02. The third kappa shape index (κ3) is 4.62. The van der Waals surface area contributed by atoms with Gasteiger partial charge in [-0.2, -0.15) is 0 Å². The van der Waals surface area contributed by atoms with Gasteiger partial charge in [-0.15, -0.1) is 10.0 Å². The van der Waals surface area contributed by atoms with Crippen LogP contribution in [0.15, 0.2) is 17.8 Å². The van der Waals surface area contributed by atoms with E-state index in [0.717, 1.165) is 18.3 Å². The topological polar surface area (TPSA) is 56.5 Å². The molecule has 0 atom stereocenters. The van der Waals surface area contributed by atoms with Gasteiger partial charge < -0.3 is 4.74 Å². The summed E-state index contributed by atoms with van der Waals surface area (Å²) in [7, 11) is -1.06. The third-order valence-corrected chi connectivity index (χ3v) is 4.01. The van der Waals surface area contributed by atoms with Crippen molar-refractivity contribution in [3.05, 3.63) is 23.2 Å². The van der Waals surface area contributed by atoms with Crippen LogP contribution in [0, 0.1) is 4.91 Å². The number of hydrogen-bond donors (Lipinski definition) is 0. The van der Waals surface area contributed by atoms with Crippen LogP contribution in [-0.4, -0.2) is 24.5 Å². The predicted molar refractivity (Wildman–Crippen MR) is 71.9 cm³/mol. The SMILES string of the molecule is C=Cc1cc(N=O)nn1COCC[Si](C)(C)C. The molecule has 0 saturated heterocycles. The Labute approximate surface area is 102 Å². The molecule has 0 bridgehead atoms. The molecule has 0 spiro atoms. The molecular weight excluding hydrogens is 234 g/mol. The van der Waals surface area contributed by atoms with Gasteiger partial charge in [0.2, 0.25) is 5.82 Å². The highest BCUT2D eigenvalue weighted by atomic mass is 28.3. The molecule has 0 radical (unpaired) electrons. The summed E-state index contributed by atoms with van der Waals surface area (Å²) in [6, 6.07) is 2.69. The summed E-state index contributed by atoms with van der Waals surface area (Å²) in [5, 5.41) is 6.78. The first-order valence-electron chi connectivity index (χ1n) is 5.57. The first-order valence-corrected chi connectivity index (χ1v) is 9.28. The van der Waals surface area contributed by atoms with Crippen LogP contribution in [0.1, 0.15) is 5.69 Å².